The van der Waals surface area contributed by atoms with Crippen molar-refractivity contribution in [2.24, 2.45) is 5.92 Å². The Bertz CT molecular complexity index is 585. The molecule has 0 radical (unpaired) electrons. The zero-order valence-corrected chi connectivity index (χ0v) is 11.5. The van der Waals surface area contributed by atoms with Gasteiger partial charge in [-0.15, -0.1) is 0 Å². The summed E-state index contributed by atoms with van der Waals surface area (Å²) in [7, 11) is 0. The molecule has 0 aliphatic carbocycles. The van der Waals surface area contributed by atoms with Crippen LogP contribution in [0.5, 0.6) is 0 Å². The summed E-state index contributed by atoms with van der Waals surface area (Å²) < 4.78 is 1.82. The summed E-state index contributed by atoms with van der Waals surface area (Å²) in [5.41, 5.74) is 0.910. The molecule has 19 heavy (non-hydrogen) atoms. The molecule has 2 N–H and O–H groups in total. The lowest BCUT2D eigenvalue weighted by molar-refractivity contribution is -0.137. The Kier molecular flexibility index (Phi) is 3.84. The first-order valence-electron chi connectivity index (χ1n) is 5.91. The van der Waals surface area contributed by atoms with Crippen LogP contribution < -0.4 is 5.32 Å². The quantitative estimate of drug-likeness (QED) is 0.871. The molecule has 0 fully saturated rings. The Morgan fingerprint density at radius 3 is 2.89 bits per heavy atom. The van der Waals surface area contributed by atoms with Crippen molar-refractivity contribution in [2.45, 2.75) is 20.3 Å². The third-order valence-electron chi connectivity index (χ3n) is 2.63. The average molecular weight is 281 g/mol. The summed E-state index contributed by atoms with van der Waals surface area (Å²) in [4.78, 5) is 28.0. The van der Waals surface area contributed by atoms with Gasteiger partial charge in [-0.1, -0.05) is 18.3 Å². The molecule has 1 unspecified atom stereocenters. The second kappa shape index (κ2) is 5.40. The van der Waals surface area contributed by atoms with E-state index in [0.29, 0.717) is 11.4 Å². The van der Waals surface area contributed by atoms with Crippen molar-refractivity contribution in [2.75, 3.05) is 6.54 Å². The van der Waals surface area contributed by atoms with Crippen molar-refractivity contribution in [1.29, 1.82) is 0 Å². The number of fused-ring (bicyclic) bond motifs is 1. The number of aromatic nitrogens is 2. The van der Waals surface area contributed by atoms with E-state index < -0.39 is 5.97 Å². The smallest absolute Gasteiger partial charge is 0.303 e. The molecule has 0 spiro atoms. The molecule has 0 saturated carbocycles. The zero-order valence-electron chi connectivity index (χ0n) is 10.7. The minimum Gasteiger partial charge on any atom is -0.481 e. The highest BCUT2D eigenvalue weighted by Gasteiger charge is 2.14. The topological polar surface area (TPSA) is 83.7 Å². The maximum absolute atomic E-state index is 11.9. The maximum Gasteiger partial charge on any atom is 0.303 e. The fourth-order valence-electron chi connectivity index (χ4n) is 1.74. The van der Waals surface area contributed by atoms with E-state index in [1.54, 1.807) is 13.1 Å². The van der Waals surface area contributed by atoms with Crippen LogP contribution in [0, 0.1) is 12.8 Å². The SMILES string of the molecule is Cc1cn2cc(C(=O)NCC(C)CC(=O)O)sc2n1. The number of imidazole rings is 1. The van der Waals surface area contributed by atoms with Crippen molar-refractivity contribution in [3.63, 3.8) is 0 Å². The number of aryl methyl sites for hydroxylation is 1. The molecule has 2 heterocycles. The molecule has 0 bridgehead atoms. The van der Waals surface area contributed by atoms with Crippen LogP contribution >= 0.6 is 11.3 Å². The third-order valence-corrected chi connectivity index (χ3v) is 3.63. The van der Waals surface area contributed by atoms with Crippen molar-refractivity contribution in [3.8, 4) is 0 Å². The van der Waals surface area contributed by atoms with Crippen LogP contribution in [0.3, 0.4) is 0 Å². The second-order valence-corrected chi connectivity index (χ2v) is 5.59. The summed E-state index contributed by atoms with van der Waals surface area (Å²) in [6.07, 6.45) is 3.64. The van der Waals surface area contributed by atoms with Gasteiger partial charge in [-0.3, -0.25) is 14.0 Å². The molecule has 1 atom stereocenters. The van der Waals surface area contributed by atoms with Crippen LogP contribution in [0.25, 0.3) is 4.96 Å². The van der Waals surface area contributed by atoms with E-state index in [1.807, 2.05) is 17.5 Å². The van der Waals surface area contributed by atoms with E-state index in [0.717, 1.165) is 10.7 Å². The van der Waals surface area contributed by atoms with Crippen LogP contribution in [0.2, 0.25) is 0 Å². The number of hydrogen-bond donors (Lipinski definition) is 2. The Hall–Kier alpha value is -1.89. The van der Waals surface area contributed by atoms with Gasteiger partial charge in [0.1, 0.15) is 4.88 Å². The molecule has 7 heteroatoms. The molecule has 0 aromatic carbocycles. The number of rotatable bonds is 5. The summed E-state index contributed by atoms with van der Waals surface area (Å²) in [5.74, 6) is -1.13. The second-order valence-electron chi connectivity index (χ2n) is 4.58. The molecule has 0 aliphatic heterocycles. The van der Waals surface area contributed by atoms with Gasteiger partial charge in [-0.05, 0) is 12.8 Å². The number of nitrogens with one attached hydrogen (secondary N) is 1. The van der Waals surface area contributed by atoms with Gasteiger partial charge in [0, 0.05) is 25.4 Å². The number of carbonyl (C=O) groups is 2. The molecule has 2 rings (SSSR count). The Labute approximate surface area is 114 Å². The molecule has 102 valence electrons. The Morgan fingerprint density at radius 1 is 1.53 bits per heavy atom. The van der Waals surface area contributed by atoms with Gasteiger partial charge in [0.2, 0.25) is 0 Å². The van der Waals surface area contributed by atoms with Crippen molar-refractivity contribution < 1.29 is 14.7 Å². The molecule has 2 aromatic heterocycles. The summed E-state index contributed by atoms with van der Waals surface area (Å²) >= 11 is 1.32. The fraction of sp³-hybridized carbons (Fsp3) is 0.417. The Morgan fingerprint density at radius 2 is 2.26 bits per heavy atom. The van der Waals surface area contributed by atoms with Gasteiger partial charge in [-0.2, -0.15) is 0 Å². The highest BCUT2D eigenvalue weighted by Crippen LogP contribution is 2.17. The van der Waals surface area contributed by atoms with Crippen LogP contribution in [-0.4, -0.2) is 32.9 Å². The van der Waals surface area contributed by atoms with Gasteiger partial charge in [0.05, 0.1) is 5.69 Å². The minimum atomic E-state index is -0.855. The van der Waals surface area contributed by atoms with Gasteiger partial charge >= 0.3 is 5.97 Å². The summed E-state index contributed by atoms with van der Waals surface area (Å²) in [6.45, 7) is 4.04. The lowest BCUT2D eigenvalue weighted by Crippen LogP contribution is -2.28. The van der Waals surface area contributed by atoms with Crippen LogP contribution in [-0.2, 0) is 4.79 Å². The lowest BCUT2D eigenvalue weighted by Gasteiger charge is -2.09. The van der Waals surface area contributed by atoms with Gasteiger partial charge in [-0.25, -0.2) is 4.98 Å². The molecule has 0 aliphatic rings. The molecule has 1 amide bonds. The van der Waals surface area contributed by atoms with Crippen LogP contribution in [0.1, 0.15) is 28.7 Å². The van der Waals surface area contributed by atoms with Gasteiger partial charge in [0.15, 0.2) is 4.96 Å². The average Bonchev–Trinajstić information content (AvgIpc) is 2.81. The summed E-state index contributed by atoms with van der Waals surface area (Å²) in [6, 6.07) is 0. The van der Waals surface area contributed by atoms with E-state index in [9.17, 15) is 9.59 Å². The highest BCUT2D eigenvalue weighted by atomic mass is 32.1. The molecule has 6 nitrogen and oxygen atoms in total. The first kappa shape index (κ1) is 13.5. The number of thiazole rings is 1. The number of hydrogen-bond acceptors (Lipinski definition) is 4. The Balaban J connectivity index is 1.95. The highest BCUT2D eigenvalue weighted by molar-refractivity contribution is 7.18. The van der Waals surface area contributed by atoms with Gasteiger partial charge < -0.3 is 10.4 Å². The fourth-order valence-corrected chi connectivity index (χ4v) is 2.67. The van der Waals surface area contributed by atoms with E-state index in [2.05, 4.69) is 10.3 Å². The largest absolute Gasteiger partial charge is 0.481 e. The molecule has 2 aromatic rings. The van der Waals surface area contributed by atoms with E-state index in [4.69, 9.17) is 5.11 Å². The lowest BCUT2D eigenvalue weighted by atomic mass is 10.1. The maximum atomic E-state index is 11.9. The predicted molar refractivity (Wildman–Crippen MR) is 71.6 cm³/mol. The number of carboxylic acids is 1. The van der Waals surface area contributed by atoms with E-state index >= 15 is 0 Å². The number of carbonyl (C=O) groups excluding carboxylic acids is 1. The first-order valence-corrected chi connectivity index (χ1v) is 6.72. The van der Waals surface area contributed by atoms with E-state index in [1.165, 1.54) is 11.3 Å². The predicted octanol–water partition coefficient (Wildman–Crippen LogP) is 1.54. The van der Waals surface area contributed by atoms with Crippen molar-refractivity contribution >= 4 is 28.2 Å². The van der Waals surface area contributed by atoms with Gasteiger partial charge in [0.25, 0.3) is 5.91 Å². The first-order chi connectivity index (χ1) is 8.95. The third kappa shape index (κ3) is 3.31. The minimum absolute atomic E-state index is 0.0488. The molecular weight excluding hydrogens is 266 g/mol. The normalized spacial score (nSPS) is 12.5. The van der Waals surface area contributed by atoms with E-state index in [-0.39, 0.29) is 18.2 Å². The number of amides is 1. The number of nitrogens with zero attached hydrogens (tertiary/aromatic N) is 2. The van der Waals surface area contributed by atoms with Crippen LogP contribution in [0.4, 0.5) is 0 Å². The number of carboxylic acid groups (broad SMARTS) is 1. The molecule has 0 saturated heterocycles. The van der Waals surface area contributed by atoms with Crippen molar-refractivity contribution in [3.05, 3.63) is 23.0 Å². The monoisotopic (exact) mass is 281 g/mol. The summed E-state index contributed by atoms with van der Waals surface area (Å²) in [5, 5.41) is 11.4. The van der Waals surface area contributed by atoms with Crippen LogP contribution in [0.15, 0.2) is 12.4 Å². The zero-order chi connectivity index (χ0) is 14.0. The standard InChI is InChI=1S/C12H15N3O3S/c1-7(3-10(16)17)4-13-11(18)9-6-15-5-8(2)14-12(15)19-9/h5-7H,3-4H2,1-2H3,(H,13,18)(H,16,17). The molecular formula is C12H15N3O3S. The number of aliphatic carboxylic acids is 1. The van der Waals surface area contributed by atoms with Crippen molar-refractivity contribution in [1.82, 2.24) is 14.7 Å².